The lowest BCUT2D eigenvalue weighted by atomic mass is 10.1. The molecule has 0 aliphatic carbocycles. The lowest BCUT2D eigenvalue weighted by Crippen LogP contribution is -2.29. The molecular weight excluding hydrogens is 221 g/mol. The summed E-state index contributed by atoms with van der Waals surface area (Å²) in [4.78, 5) is 11.1. The number of nitrogens with one attached hydrogen (secondary N) is 2. The molecule has 0 bridgehead atoms. The Morgan fingerprint density at radius 3 is 2.71 bits per heavy atom. The molecule has 0 saturated heterocycles. The van der Waals surface area contributed by atoms with E-state index in [1.165, 1.54) is 6.07 Å². The smallest absolute Gasteiger partial charge is 0.253 e. The molecule has 0 radical (unpaired) electrons. The molecule has 1 amide bonds. The summed E-state index contributed by atoms with van der Waals surface area (Å²) in [6.07, 6.45) is 0. The highest BCUT2D eigenvalue weighted by atomic mass is 19.1. The van der Waals surface area contributed by atoms with E-state index in [0.29, 0.717) is 18.3 Å². The Labute approximate surface area is 100 Å². The molecule has 17 heavy (non-hydrogen) atoms. The van der Waals surface area contributed by atoms with E-state index >= 15 is 0 Å². The van der Waals surface area contributed by atoms with Crippen molar-refractivity contribution in [2.45, 2.75) is 19.9 Å². The number of benzene rings is 1. The summed E-state index contributed by atoms with van der Waals surface area (Å²) in [7, 11) is 0. The normalized spacial score (nSPS) is 10.6. The quantitative estimate of drug-likeness (QED) is 0.656. The largest absolute Gasteiger partial charge is 0.383 e. The van der Waals surface area contributed by atoms with E-state index in [0.717, 1.165) is 6.54 Å². The average Bonchev–Trinajstić information content (AvgIpc) is 2.23. The highest BCUT2D eigenvalue weighted by Gasteiger charge is 2.12. The molecule has 94 valence electrons. The fourth-order valence-corrected chi connectivity index (χ4v) is 1.48. The van der Waals surface area contributed by atoms with Gasteiger partial charge < -0.3 is 16.4 Å². The average molecular weight is 239 g/mol. The molecule has 1 rings (SSSR count). The van der Waals surface area contributed by atoms with Crippen LogP contribution in [-0.4, -0.2) is 25.0 Å². The van der Waals surface area contributed by atoms with Gasteiger partial charge in [-0.25, -0.2) is 4.39 Å². The summed E-state index contributed by atoms with van der Waals surface area (Å²) in [6.45, 7) is 5.41. The van der Waals surface area contributed by atoms with Crippen LogP contribution in [0.5, 0.6) is 0 Å². The molecule has 0 spiro atoms. The Bertz CT molecular complexity index is 393. The van der Waals surface area contributed by atoms with Crippen molar-refractivity contribution >= 4 is 11.6 Å². The second kappa shape index (κ2) is 6.20. The third-order valence-electron chi connectivity index (χ3n) is 2.25. The molecule has 0 aromatic heterocycles. The molecule has 1 aromatic rings. The molecule has 0 aliphatic rings. The molecule has 0 fully saturated rings. The molecule has 4 N–H and O–H groups in total. The van der Waals surface area contributed by atoms with Gasteiger partial charge in [0, 0.05) is 24.8 Å². The maximum Gasteiger partial charge on any atom is 0.253 e. The highest BCUT2D eigenvalue weighted by Crippen LogP contribution is 2.17. The van der Waals surface area contributed by atoms with Gasteiger partial charge in [0.25, 0.3) is 5.91 Å². The Balaban J connectivity index is 2.64. The van der Waals surface area contributed by atoms with Crippen LogP contribution >= 0.6 is 0 Å². The number of primary amides is 1. The van der Waals surface area contributed by atoms with Crippen molar-refractivity contribution in [2.24, 2.45) is 5.73 Å². The van der Waals surface area contributed by atoms with Gasteiger partial charge in [0.2, 0.25) is 0 Å². The monoisotopic (exact) mass is 239 g/mol. The van der Waals surface area contributed by atoms with Crippen LogP contribution in [-0.2, 0) is 0 Å². The van der Waals surface area contributed by atoms with Crippen molar-refractivity contribution in [3.05, 3.63) is 29.6 Å². The zero-order valence-corrected chi connectivity index (χ0v) is 10.1. The number of carbonyl (C=O) groups excluding carboxylic acids is 1. The molecular formula is C12H18FN3O. The van der Waals surface area contributed by atoms with Crippen LogP contribution in [0.3, 0.4) is 0 Å². The highest BCUT2D eigenvalue weighted by molar-refractivity contribution is 5.98. The van der Waals surface area contributed by atoms with Crippen molar-refractivity contribution in [3.8, 4) is 0 Å². The second-order valence-corrected chi connectivity index (χ2v) is 4.06. The minimum absolute atomic E-state index is 0.0861. The van der Waals surface area contributed by atoms with Gasteiger partial charge in [-0.1, -0.05) is 19.9 Å². The van der Waals surface area contributed by atoms with Crippen LogP contribution in [0, 0.1) is 5.82 Å². The summed E-state index contributed by atoms with van der Waals surface area (Å²) in [6, 6.07) is 4.79. The first kappa shape index (κ1) is 13.4. The van der Waals surface area contributed by atoms with E-state index < -0.39 is 11.7 Å². The van der Waals surface area contributed by atoms with Gasteiger partial charge in [0.1, 0.15) is 5.82 Å². The SMILES string of the molecule is CC(C)NCCNc1cccc(F)c1C(N)=O. The van der Waals surface area contributed by atoms with Gasteiger partial charge in [-0.2, -0.15) is 0 Å². The fourth-order valence-electron chi connectivity index (χ4n) is 1.48. The lowest BCUT2D eigenvalue weighted by Gasteiger charge is -2.12. The van der Waals surface area contributed by atoms with Crippen LogP contribution in [0.4, 0.5) is 10.1 Å². The van der Waals surface area contributed by atoms with E-state index in [-0.39, 0.29) is 5.56 Å². The minimum atomic E-state index is -0.762. The summed E-state index contributed by atoms with van der Waals surface area (Å²) in [5.74, 6) is -1.36. The standard InChI is InChI=1S/C12H18FN3O/c1-8(2)15-6-7-16-10-5-3-4-9(13)11(10)12(14)17/h3-5,8,15-16H,6-7H2,1-2H3,(H2,14,17). The van der Waals surface area contributed by atoms with E-state index in [2.05, 4.69) is 10.6 Å². The van der Waals surface area contributed by atoms with Crippen LogP contribution in [0.1, 0.15) is 24.2 Å². The van der Waals surface area contributed by atoms with Crippen molar-refractivity contribution in [2.75, 3.05) is 18.4 Å². The summed E-state index contributed by atoms with van der Waals surface area (Å²) in [5, 5.41) is 6.19. The van der Waals surface area contributed by atoms with Crippen molar-refractivity contribution in [1.82, 2.24) is 5.32 Å². The first-order valence-electron chi connectivity index (χ1n) is 5.58. The summed E-state index contributed by atoms with van der Waals surface area (Å²) < 4.78 is 13.4. The van der Waals surface area contributed by atoms with E-state index in [4.69, 9.17) is 5.73 Å². The van der Waals surface area contributed by atoms with E-state index in [1.807, 2.05) is 13.8 Å². The van der Waals surface area contributed by atoms with Crippen LogP contribution in [0.25, 0.3) is 0 Å². The Morgan fingerprint density at radius 2 is 2.12 bits per heavy atom. The number of hydrogen-bond acceptors (Lipinski definition) is 3. The molecule has 0 unspecified atom stereocenters. The van der Waals surface area contributed by atoms with Gasteiger partial charge in [-0.15, -0.1) is 0 Å². The summed E-state index contributed by atoms with van der Waals surface area (Å²) >= 11 is 0. The van der Waals surface area contributed by atoms with Crippen molar-refractivity contribution in [1.29, 1.82) is 0 Å². The second-order valence-electron chi connectivity index (χ2n) is 4.06. The van der Waals surface area contributed by atoms with Gasteiger partial charge in [-0.3, -0.25) is 4.79 Å². The third kappa shape index (κ3) is 4.03. The molecule has 4 nitrogen and oxygen atoms in total. The number of hydrogen-bond donors (Lipinski definition) is 3. The van der Waals surface area contributed by atoms with Crippen molar-refractivity contribution < 1.29 is 9.18 Å². The Hall–Kier alpha value is -1.62. The Kier molecular flexibility index (Phi) is 4.90. The molecule has 0 aliphatic heterocycles. The maximum atomic E-state index is 13.4. The van der Waals surface area contributed by atoms with Crippen LogP contribution in [0.15, 0.2) is 18.2 Å². The number of nitrogens with two attached hydrogens (primary N) is 1. The van der Waals surface area contributed by atoms with Crippen LogP contribution in [0.2, 0.25) is 0 Å². The number of amides is 1. The van der Waals surface area contributed by atoms with Gasteiger partial charge in [0.05, 0.1) is 5.56 Å². The predicted molar refractivity (Wildman–Crippen MR) is 66.5 cm³/mol. The van der Waals surface area contributed by atoms with Crippen LogP contribution < -0.4 is 16.4 Å². The van der Waals surface area contributed by atoms with Crippen molar-refractivity contribution in [3.63, 3.8) is 0 Å². The number of halogens is 1. The van der Waals surface area contributed by atoms with E-state index in [1.54, 1.807) is 12.1 Å². The topological polar surface area (TPSA) is 67.2 Å². The lowest BCUT2D eigenvalue weighted by molar-refractivity contribution is 0.0997. The zero-order valence-electron chi connectivity index (χ0n) is 10.1. The fraction of sp³-hybridized carbons (Fsp3) is 0.417. The number of anilines is 1. The molecule has 1 aromatic carbocycles. The van der Waals surface area contributed by atoms with E-state index in [9.17, 15) is 9.18 Å². The molecule has 0 atom stereocenters. The molecule has 5 heteroatoms. The molecule has 0 saturated carbocycles. The predicted octanol–water partition coefficient (Wildman–Crippen LogP) is 1.33. The number of rotatable bonds is 6. The maximum absolute atomic E-state index is 13.4. The number of carbonyl (C=O) groups is 1. The first-order chi connectivity index (χ1) is 8.02. The first-order valence-corrected chi connectivity index (χ1v) is 5.58. The molecule has 0 heterocycles. The summed E-state index contributed by atoms with van der Waals surface area (Å²) in [5.41, 5.74) is 5.48. The zero-order chi connectivity index (χ0) is 12.8. The minimum Gasteiger partial charge on any atom is -0.383 e. The third-order valence-corrected chi connectivity index (χ3v) is 2.25. The Morgan fingerprint density at radius 1 is 1.41 bits per heavy atom. The van der Waals surface area contributed by atoms with Gasteiger partial charge in [-0.05, 0) is 12.1 Å². The van der Waals surface area contributed by atoms with Gasteiger partial charge >= 0.3 is 0 Å². The van der Waals surface area contributed by atoms with Gasteiger partial charge in [0.15, 0.2) is 0 Å².